The topological polar surface area (TPSA) is 158 Å². The van der Waals surface area contributed by atoms with Crippen molar-refractivity contribution in [1.82, 2.24) is 25.4 Å². The van der Waals surface area contributed by atoms with Gasteiger partial charge in [-0.05, 0) is 58.6 Å². The number of allylic oxidation sites excluding steroid dienone is 1. The lowest BCUT2D eigenvalue weighted by Gasteiger charge is -2.33. The zero-order chi connectivity index (χ0) is 33.5. The lowest BCUT2D eigenvalue weighted by molar-refractivity contribution is -0.146. The number of carbonyl (C=O) groups is 5. The third-order valence-electron chi connectivity index (χ3n) is 9.80. The van der Waals surface area contributed by atoms with Crippen LogP contribution >= 0.6 is 0 Å². The predicted octanol–water partition coefficient (Wildman–Crippen LogP) is 3.51. The lowest BCUT2D eigenvalue weighted by Crippen LogP contribution is -2.58. The van der Waals surface area contributed by atoms with Crippen LogP contribution in [-0.2, 0) is 19.1 Å². The molecule has 12 heteroatoms. The number of amides is 4. The molecule has 6 rings (SSSR count). The molecule has 0 spiro atoms. The number of nitrogens with one attached hydrogen (secondary N) is 2. The summed E-state index contributed by atoms with van der Waals surface area (Å²) in [5.74, 6) is -3.29. The molecule has 4 amide bonds. The summed E-state index contributed by atoms with van der Waals surface area (Å²) < 4.78 is 5.47. The number of carboxylic acid groups (broad SMARTS) is 1. The van der Waals surface area contributed by atoms with Crippen molar-refractivity contribution in [1.29, 1.82) is 0 Å². The molecule has 250 valence electrons. The van der Waals surface area contributed by atoms with Crippen molar-refractivity contribution in [3.05, 3.63) is 54.2 Å². The summed E-state index contributed by atoms with van der Waals surface area (Å²) in [7, 11) is 0. The molecule has 2 saturated heterocycles. The molecule has 1 aromatic heterocycles. The smallest absolute Gasteiger partial charge is 0.408 e. The van der Waals surface area contributed by atoms with Gasteiger partial charge >= 0.3 is 12.1 Å². The predicted molar refractivity (Wildman–Crippen MR) is 172 cm³/mol. The fourth-order valence-corrected chi connectivity index (χ4v) is 7.36. The molecule has 1 aliphatic carbocycles. The molecule has 3 aliphatic heterocycles. The van der Waals surface area contributed by atoms with Crippen LogP contribution in [0.3, 0.4) is 0 Å². The standard InChI is InChI=1S/C35H43N5O7/c1-34(2,3)47-33(46)37-27-14-8-6-4-5-7-12-24-16-35(24,32(44)45)38-29(41)28-25-20-39(18-23(25)19-40(28)31(27)43)30(42)22-15-21-11-9-10-13-26(21)36-17-22/h7,9-13,15,17,23-25,27-28H,4-6,8,14,16,18-20H2,1-3H3,(H,37,46)(H,38,41)(H,44,45)/b12-7-/t23-,24-,25-,27+,28-,35+/m0/s1. The first-order valence-electron chi connectivity index (χ1n) is 16.5. The molecule has 47 heavy (non-hydrogen) atoms. The summed E-state index contributed by atoms with van der Waals surface area (Å²) in [5.41, 5.74) is -1.00. The quantitative estimate of drug-likeness (QED) is 0.428. The van der Waals surface area contributed by atoms with Crippen molar-refractivity contribution in [2.45, 2.75) is 82.5 Å². The maximum atomic E-state index is 14.3. The number of hydrogen-bond donors (Lipinski definition) is 3. The second-order valence-corrected chi connectivity index (χ2v) is 14.3. The van der Waals surface area contributed by atoms with Gasteiger partial charge in [0, 0.05) is 49.0 Å². The first-order valence-corrected chi connectivity index (χ1v) is 16.5. The number of nitrogens with zero attached hydrogens (tertiary/aromatic N) is 3. The highest BCUT2D eigenvalue weighted by Crippen LogP contribution is 2.46. The number of pyridine rings is 1. The van der Waals surface area contributed by atoms with Crippen LogP contribution in [0.4, 0.5) is 4.79 Å². The highest BCUT2D eigenvalue weighted by atomic mass is 16.6. The minimum atomic E-state index is -1.44. The van der Waals surface area contributed by atoms with Crippen molar-refractivity contribution in [2.75, 3.05) is 19.6 Å². The first-order chi connectivity index (χ1) is 22.4. The van der Waals surface area contributed by atoms with Crippen molar-refractivity contribution in [3.63, 3.8) is 0 Å². The van der Waals surface area contributed by atoms with Gasteiger partial charge in [-0.3, -0.25) is 19.4 Å². The van der Waals surface area contributed by atoms with E-state index in [0.29, 0.717) is 24.9 Å². The molecule has 12 nitrogen and oxygen atoms in total. The van der Waals surface area contributed by atoms with Crippen molar-refractivity contribution < 1.29 is 33.8 Å². The van der Waals surface area contributed by atoms with Gasteiger partial charge in [-0.2, -0.15) is 0 Å². The van der Waals surface area contributed by atoms with E-state index >= 15 is 0 Å². The summed E-state index contributed by atoms with van der Waals surface area (Å²) in [5, 5.41) is 16.6. The fourth-order valence-electron chi connectivity index (χ4n) is 7.36. The maximum Gasteiger partial charge on any atom is 0.408 e. The third-order valence-corrected chi connectivity index (χ3v) is 9.80. The number of aromatic nitrogens is 1. The monoisotopic (exact) mass is 645 g/mol. The van der Waals surface area contributed by atoms with Gasteiger partial charge < -0.3 is 30.3 Å². The van der Waals surface area contributed by atoms with Gasteiger partial charge in [0.15, 0.2) is 0 Å². The Hall–Kier alpha value is -4.48. The SMILES string of the molecule is CC(C)(C)OC(=O)N[C@@H]1CCCCC/C=C\[C@H]2C[C@@]2(C(=O)O)NC(=O)[C@@H]2[C@H]3CN(C(=O)c4cnc5ccccc5c4)C[C@H]3CN2C1=O. The number of carbonyl (C=O) groups excluding carboxylic acids is 4. The molecule has 1 aromatic carbocycles. The number of likely N-dealkylation sites (tertiary alicyclic amines) is 1. The molecule has 0 radical (unpaired) electrons. The average Bonchev–Trinajstić information content (AvgIpc) is 3.37. The molecule has 6 atom stereocenters. The largest absolute Gasteiger partial charge is 0.479 e. The summed E-state index contributed by atoms with van der Waals surface area (Å²) in [4.78, 5) is 75.0. The van der Waals surface area contributed by atoms with Gasteiger partial charge in [-0.15, -0.1) is 0 Å². The van der Waals surface area contributed by atoms with E-state index in [1.807, 2.05) is 36.4 Å². The molecule has 3 N–H and O–H groups in total. The molecule has 3 fully saturated rings. The van der Waals surface area contributed by atoms with E-state index in [1.54, 1.807) is 37.9 Å². The van der Waals surface area contributed by atoms with Gasteiger partial charge in [-0.1, -0.05) is 43.2 Å². The molecule has 2 aromatic rings. The maximum absolute atomic E-state index is 14.3. The number of para-hydroxylation sites is 1. The molecule has 0 unspecified atom stereocenters. The molecule has 1 saturated carbocycles. The Morgan fingerprint density at radius 2 is 1.87 bits per heavy atom. The van der Waals surface area contributed by atoms with Gasteiger partial charge in [-0.25, -0.2) is 9.59 Å². The van der Waals surface area contributed by atoms with E-state index in [1.165, 1.54) is 4.90 Å². The fraction of sp³-hybridized carbons (Fsp3) is 0.543. The number of alkyl carbamates (subject to hydrolysis) is 1. The van der Waals surface area contributed by atoms with Crippen LogP contribution < -0.4 is 10.6 Å². The number of hydrogen-bond acceptors (Lipinski definition) is 7. The van der Waals surface area contributed by atoms with E-state index in [-0.39, 0.29) is 37.3 Å². The Balaban J connectivity index is 1.28. The number of aliphatic carboxylic acids is 1. The summed E-state index contributed by atoms with van der Waals surface area (Å²) in [6.45, 7) is 5.95. The number of rotatable bonds is 3. The Bertz CT molecular complexity index is 1620. The van der Waals surface area contributed by atoms with Gasteiger partial charge in [0.1, 0.15) is 23.2 Å². The van der Waals surface area contributed by atoms with E-state index < -0.39 is 53.0 Å². The summed E-state index contributed by atoms with van der Waals surface area (Å²) >= 11 is 0. The minimum absolute atomic E-state index is 0.192. The van der Waals surface area contributed by atoms with E-state index in [0.717, 1.165) is 30.2 Å². The highest BCUT2D eigenvalue weighted by molar-refractivity contribution is 5.99. The zero-order valence-electron chi connectivity index (χ0n) is 27.1. The Kier molecular flexibility index (Phi) is 8.71. The first kappa shape index (κ1) is 32.5. The Morgan fingerprint density at radius 3 is 2.64 bits per heavy atom. The minimum Gasteiger partial charge on any atom is -0.479 e. The number of benzene rings is 1. The van der Waals surface area contributed by atoms with Crippen LogP contribution in [0, 0.1) is 17.8 Å². The molecule has 4 heterocycles. The van der Waals surface area contributed by atoms with Gasteiger partial charge in [0.25, 0.3) is 5.91 Å². The van der Waals surface area contributed by atoms with Crippen LogP contribution in [0.1, 0.15) is 69.7 Å². The van der Waals surface area contributed by atoms with Gasteiger partial charge in [0.05, 0.1) is 11.1 Å². The Morgan fingerprint density at radius 1 is 1.09 bits per heavy atom. The van der Waals surface area contributed by atoms with Crippen LogP contribution in [0.5, 0.6) is 0 Å². The lowest BCUT2D eigenvalue weighted by atomic mass is 9.93. The Labute approximate surface area is 273 Å². The van der Waals surface area contributed by atoms with Crippen LogP contribution in [0.25, 0.3) is 10.9 Å². The van der Waals surface area contributed by atoms with Crippen molar-refractivity contribution in [3.8, 4) is 0 Å². The second-order valence-electron chi connectivity index (χ2n) is 14.3. The summed E-state index contributed by atoms with van der Waals surface area (Å²) in [6, 6.07) is 7.38. The number of carboxylic acids is 1. The van der Waals surface area contributed by atoms with Crippen LogP contribution in [0.2, 0.25) is 0 Å². The molecular formula is C35H43N5O7. The molecule has 0 bridgehead atoms. The van der Waals surface area contributed by atoms with Crippen molar-refractivity contribution >= 4 is 40.7 Å². The normalized spacial score (nSPS) is 30.2. The number of fused-ring (bicyclic) bond motifs is 5. The third kappa shape index (κ3) is 6.68. The van der Waals surface area contributed by atoms with E-state index in [2.05, 4.69) is 15.6 Å². The van der Waals surface area contributed by atoms with Crippen LogP contribution in [-0.4, -0.2) is 92.5 Å². The van der Waals surface area contributed by atoms with E-state index in [4.69, 9.17) is 4.74 Å². The van der Waals surface area contributed by atoms with E-state index in [9.17, 15) is 29.1 Å². The van der Waals surface area contributed by atoms with Crippen molar-refractivity contribution in [2.24, 2.45) is 17.8 Å². The number of ether oxygens (including phenoxy) is 1. The average molecular weight is 646 g/mol. The van der Waals surface area contributed by atoms with Crippen LogP contribution in [0.15, 0.2) is 48.7 Å². The molecule has 4 aliphatic rings. The summed E-state index contributed by atoms with van der Waals surface area (Å²) in [6.07, 6.45) is 8.36. The zero-order valence-corrected chi connectivity index (χ0v) is 27.1. The van der Waals surface area contributed by atoms with Gasteiger partial charge in [0.2, 0.25) is 11.8 Å². The molecular weight excluding hydrogens is 602 g/mol. The second kappa shape index (κ2) is 12.6. The highest BCUT2D eigenvalue weighted by Gasteiger charge is 2.62.